The van der Waals surface area contributed by atoms with Gasteiger partial charge in [0.2, 0.25) is 0 Å². The molecule has 142 valence electrons. The Morgan fingerprint density at radius 1 is 0.964 bits per heavy atom. The minimum absolute atomic E-state index is 0.116. The van der Waals surface area contributed by atoms with Crippen LogP contribution in [-0.2, 0) is 10.0 Å². The van der Waals surface area contributed by atoms with E-state index in [2.05, 4.69) is 9.71 Å². The van der Waals surface area contributed by atoms with Crippen LogP contribution in [0.3, 0.4) is 0 Å². The summed E-state index contributed by atoms with van der Waals surface area (Å²) in [6.07, 6.45) is 0.391. The zero-order chi connectivity index (χ0) is 19.6. The fourth-order valence-corrected chi connectivity index (χ4v) is 5.23. The number of sulfonamides is 1. The molecule has 1 aromatic heterocycles. The third-order valence-corrected chi connectivity index (χ3v) is 7.35. The van der Waals surface area contributed by atoms with E-state index in [0.29, 0.717) is 10.6 Å². The average molecular weight is 411 g/mol. The lowest BCUT2D eigenvalue weighted by atomic mass is 10.0. The molecule has 0 bridgehead atoms. The van der Waals surface area contributed by atoms with Crippen LogP contribution in [0.25, 0.3) is 21.3 Å². The summed E-state index contributed by atoms with van der Waals surface area (Å²) < 4.78 is 27.9. The Kier molecular flexibility index (Phi) is 5.23. The number of nitrogens with zero attached hydrogens (tertiary/aromatic N) is 1. The quantitative estimate of drug-likeness (QED) is 0.504. The number of aliphatic hydroxyl groups is 1. The molecule has 0 aliphatic heterocycles. The molecular formula is C21H18N2O3S2. The fourth-order valence-electron chi connectivity index (χ4n) is 3.01. The van der Waals surface area contributed by atoms with Gasteiger partial charge in [0.25, 0.3) is 10.0 Å². The lowest BCUT2D eigenvalue weighted by molar-refractivity contribution is 0.183. The number of hydrogen-bond acceptors (Lipinski definition) is 5. The SMILES string of the molecule is O=S(=O)(NCC(O)c1cccc2ccccc12)c1cnc(-c2ccccc2)s1. The second-order valence-corrected chi connectivity index (χ2v) is 9.31. The topological polar surface area (TPSA) is 79.3 Å². The molecule has 0 spiro atoms. The van der Waals surface area contributed by atoms with Crippen LogP contribution in [0, 0.1) is 0 Å². The van der Waals surface area contributed by atoms with Crippen LogP contribution in [0.5, 0.6) is 0 Å². The van der Waals surface area contributed by atoms with Crippen LogP contribution in [0.1, 0.15) is 11.7 Å². The maximum absolute atomic E-state index is 12.6. The minimum Gasteiger partial charge on any atom is -0.387 e. The summed E-state index contributed by atoms with van der Waals surface area (Å²) in [7, 11) is -3.76. The van der Waals surface area contributed by atoms with E-state index >= 15 is 0 Å². The maximum atomic E-state index is 12.6. The first kappa shape index (κ1) is 18.8. The van der Waals surface area contributed by atoms with E-state index in [4.69, 9.17) is 0 Å². The van der Waals surface area contributed by atoms with Crippen molar-refractivity contribution in [2.24, 2.45) is 0 Å². The van der Waals surface area contributed by atoms with Gasteiger partial charge >= 0.3 is 0 Å². The Labute approximate surface area is 167 Å². The normalized spacial score (nSPS) is 12.9. The van der Waals surface area contributed by atoms with Crippen molar-refractivity contribution in [1.29, 1.82) is 0 Å². The van der Waals surface area contributed by atoms with Crippen LogP contribution < -0.4 is 4.72 Å². The van der Waals surface area contributed by atoms with Crippen LogP contribution in [-0.4, -0.2) is 25.1 Å². The monoisotopic (exact) mass is 410 g/mol. The number of nitrogens with one attached hydrogen (secondary N) is 1. The molecule has 0 amide bonds. The van der Waals surface area contributed by atoms with Crippen molar-refractivity contribution in [3.63, 3.8) is 0 Å². The number of thiazole rings is 1. The molecule has 3 aromatic carbocycles. The Morgan fingerprint density at radius 3 is 2.50 bits per heavy atom. The van der Waals surface area contributed by atoms with Gasteiger partial charge in [-0.1, -0.05) is 72.8 Å². The molecule has 0 radical (unpaired) electrons. The van der Waals surface area contributed by atoms with Gasteiger partial charge in [0, 0.05) is 12.1 Å². The standard InChI is InChI=1S/C21H18N2O3S2/c24-19(18-12-6-10-15-7-4-5-11-17(15)18)13-23-28(25,26)20-14-22-21(27-20)16-8-2-1-3-9-16/h1-12,14,19,23-24H,13H2. The number of fused-ring (bicyclic) bond motifs is 1. The van der Waals surface area contributed by atoms with E-state index in [1.807, 2.05) is 72.8 Å². The summed E-state index contributed by atoms with van der Waals surface area (Å²) in [6.45, 7) is -0.116. The molecule has 0 aliphatic carbocycles. The predicted octanol–water partition coefficient (Wildman–Crippen LogP) is 3.98. The second kappa shape index (κ2) is 7.81. The number of rotatable bonds is 6. The molecule has 1 unspecified atom stereocenters. The van der Waals surface area contributed by atoms with Gasteiger partial charge in [-0.3, -0.25) is 0 Å². The predicted molar refractivity (Wildman–Crippen MR) is 112 cm³/mol. The molecule has 4 rings (SSSR count). The van der Waals surface area contributed by atoms with E-state index in [-0.39, 0.29) is 10.8 Å². The van der Waals surface area contributed by atoms with Crippen molar-refractivity contribution in [2.45, 2.75) is 10.3 Å². The van der Waals surface area contributed by atoms with Crippen molar-refractivity contribution in [3.8, 4) is 10.6 Å². The number of aromatic nitrogens is 1. The van der Waals surface area contributed by atoms with Gasteiger partial charge in [-0.15, -0.1) is 11.3 Å². The third-order valence-electron chi connectivity index (χ3n) is 4.42. The highest BCUT2D eigenvalue weighted by Crippen LogP contribution is 2.28. The first-order valence-electron chi connectivity index (χ1n) is 8.71. The molecule has 28 heavy (non-hydrogen) atoms. The van der Waals surface area contributed by atoms with Crippen molar-refractivity contribution < 1.29 is 13.5 Å². The second-order valence-electron chi connectivity index (χ2n) is 6.29. The fraction of sp³-hybridized carbons (Fsp3) is 0.0952. The summed E-state index contributed by atoms with van der Waals surface area (Å²) in [5.41, 5.74) is 1.56. The van der Waals surface area contributed by atoms with Gasteiger partial charge in [-0.2, -0.15) is 0 Å². The van der Waals surface area contributed by atoms with Crippen LogP contribution in [0.15, 0.2) is 83.2 Å². The molecule has 1 atom stereocenters. The largest absolute Gasteiger partial charge is 0.387 e. The smallest absolute Gasteiger partial charge is 0.251 e. The zero-order valence-corrected chi connectivity index (χ0v) is 16.5. The summed E-state index contributed by atoms with van der Waals surface area (Å²) in [5, 5.41) is 13.1. The Bertz CT molecular complexity index is 1200. The Balaban J connectivity index is 1.52. The van der Waals surface area contributed by atoms with Gasteiger partial charge in [0.1, 0.15) is 5.01 Å². The molecule has 5 nitrogen and oxygen atoms in total. The van der Waals surface area contributed by atoms with Crippen LogP contribution in [0.4, 0.5) is 0 Å². The molecule has 0 fully saturated rings. The molecule has 2 N–H and O–H groups in total. The summed E-state index contributed by atoms with van der Waals surface area (Å²) in [5.74, 6) is 0. The average Bonchev–Trinajstić information content (AvgIpc) is 3.24. The molecule has 4 aromatic rings. The van der Waals surface area contributed by atoms with Crippen LogP contribution >= 0.6 is 11.3 Å². The number of benzene rings is 3. The van der Waals surface area contributed by atoms with E-state index in [1.165, 1.54) is 6.20 Å². The Morgan fingerprint density at radius 2 is 1.68 bits per heavy atom. The first-order chi connectivity index (χ1) is 13.5. The summed E-state index contributed by atoms with van der Waals surface area (Å²) >= 11 is 1.10. The van der Waals surface area contributed by atoms with Crippen molar-refractivity contribution >= 4 is 32.1 Å². The molecule has 7 heteroatoms. The van der Waals surface area contributed by atoms with Gasteiger partial charge in [-0.25, -0.2) is 18.1 Å². The van der Waals surface area contributed by atoms with E-state index in [9.17, 15) is 13.5 Å². The van der Waals surface area contributed by atoms with Crippen molar-refractivity contribution in [2.75, 3.05) is 6.54 Å². The maximum Gasteiger partial charge on any atom is 0.251 e. The Hall–Kier alpha value is -2.58. The summed E-state index contributed by atoms with van der Waals surface area (Å²) in [6, 6.07) is 22.7. The van der Waals surface area contributed by atoms with Crippen molar-refractivity contribution in [3.05, 3.63) is 84.6 Å². The summed E-state index contributed by atoms with van der Waals surface area (Å²) in [4.78, 5) is 4.22. The lowest BCUT2D eigenvalue weighted by Crippen LogP contribution is -2.28. The molecular weight excluding hydrogens is 392 g/mol. The van der Waals surface area contributed by atoms with E-state index in [1.54, 1.807) is 0 Å². The molecule has 0 saturated heterocycles. The number of aliphatic hydroxyl groups excluding tert-OH is 1. The molecule has 0 aliphatic rings. The van der Waals surface area contributed by atoms with Crippen molar-refractivity contribution in [1.82, 2.24) is 9.71 Å². The lowest BCUT2D eigenvalue weighted by Gasteiger charge is -2.14. The molecule has 1 heterocycles. The highest BCUT2D eigenvalue weighted by molar-refractivity contribution is 7.91. The zero-order valence-electron chi connectivity index (χ0n) is 14.8. The third kappa shape index (κ3) is 3.83. The van der Waals surface area contributed by atoms with E-state index in [0.717, 1.165) is 27.7 Å². The van der Waals surface area contributed by atoms with Crippen LogP contribution in [0.2, 0.25) is 0 Å². The van der Waals surface area contributed by atoms with Gasteiger partial charge in [0.05, 0.1) is 12.3 Å². The van der Waals surface area contributed by atoms with Gasteiger partial charge in [-0.05, 0) is 16.3 Å². The first-order valence-corrected chi connectivity index (χ1v) is 11.0. The minimum atomic E-state index is -3.76. The van der Waals surface area contributed by atoms with Gasteiger partial charge in [0.15, 0.2) is 4.21 Å². The van der Waals surface area contributed by atoms with E-state index < -0.39 is 16.1 Å². The van der Waals surface area contributed by atoms with Gasteiger partial charge < -0.3 is 5.11 Å². The molecule has 0 saturated carbocycles. The highest BCUT2D eigenvalue weighted by Gasteiger charge is 2.21. The number of hydrogen-bond donors (Lipinski definition) is 2. The highest BCUT2D eigenvalue weighted by atomic mass is 32.2.